The Bertz CT molecular complexity index is 1530. The molecule has 1 aromatic heterocycles. The fraction of sp³-hybridized carbons (Fsp3) is 0.229. The maximum Gasteiger partial charge on any atom is 0.204 e. The van der Waals surface area contributed by atoms with Crippen molar-refractivity contribution < 1.29 is 9.63 Å². The summed E-state index contributed by atoms with van der Waals surface area (Å²) in [7, 11) is 1.87. The number of nitrogens with one attached hydrogen (secondary N) is 4. The van der Waals surface area contributed by atoms with Gasteiger partial charge in [0.2, 0.25) is 5.82 Å². The number of allylic oxidation sites excluding steroid dienone is 4. The van der Waals surface area contributed by atoms with Crippen molar-refractivity contribution in [2.75, 3.05) is 29.7 Å². The van der Waals surface area contributed by atoms with Crippen LogP contribution in [0, 0.1) is 6.92 Å². The maximum absolute atomic E-state index is 10.0. The number of anilines is 4. The Morgan fingerprint density at radius 1 is 0.930 bits per heavy atom. The van der Waals surface area contributed by atoms with Gasteiger partial charge in [0.1, 0.15) is 6.29 Å². The van der Waals surface area contributed by atoms with Crippen LogP contribution in [0.15, 0.2) is 104 Å². The number of para-hydroxylation sites is 2. The molecule has 1 atom stereocenters. The predicted molar refractivity (Wildman–Crippen MR) is 180 cm³/mol. The molecule has 4 aromatic rings. The van der Waals surface area contributed by atoms with Crippen LogP contribution in [0.2, 0.25) is 0 Å². The van der Waals surface area contributed by atoms with Crippen molar-refractivity contribution in [1.82, 2.24) is 15.3 Å². The first-order valence-corrected chi connectivity index (χ1v) is 14.4. The first kappa shape index (κ1) is 32.6. The van der Waals surface area contributed by atoms with Crippen LogP contribution in [0.5, 0.6) is 5.75 Å². The first-order chi connectivity index (χ1) is 20.9. The molecule has 1 unspecified atom stereocenters. The van der Waals surface area contributed by atoms with E-state index in [-0.39, 0.29) is 0 Å². The van der Waals surface area contributed by atoms with Gasteiger partial charge in [0.25, 0.3) is 0 Å². The SMILES string of the molecule is C=C/C=C\C=C/CC(C)NCC=O.CCc1cc(C)cc(Nc2nc3ccccc3nc2NOc2cccc(NC)c2)c1. The number of rotatable bonds is 14. The third kappa shape index (κ3) is 11.1. The maximum atomic E-state index is 10.0. The number of nitrogens with zero attached hydrogens (tertiary/aromatic N) is 2. The van der Waals surface area contributed by atoms with Gasteiger partial charge in [-0.1, -0.05) is 68.1 Å². The molecule has 8 nitrogen and oxygen atoms in total. The van der Waals surface area contributed by atoms with Gasteiger partial charge in [-0.3, -0.25) is 0 Å². The van der Waals surface area contributed by atoms with Crippen molar-refractivity contribution >= 4 is 40.3 Å². The number of hydrogen-bond donors (Lipinski definition) is 4. The van der Waals surface area contributed by atoms with Gasteiger partial charge < -0.3 is 25.6 Å². The van der Waals surface area contributed by atoms with Crippen LogP contribution in [0.25, 0.3) is 11.0 Å². The minimum absolute atomic E-state index is 0.346. The Kier molecular flexibility index (Phi) is 13.5. The number of hydrogen-bond acceptors (Lipinski definition) is 8. The average molecular weight is 579 g/mol. The van der Waals surface area contributed by atoms with Crippen LogP contribution in [-0.4, -0.2) is 35.9 Å². The van der Waals surface area contributed by atoms with Gasteiger partial charge in [-0.05, 0) is 74.2 Å². The van der Waals surface area contributed by atoms with Gasteiger partial charge in [-0.15, -0.1) is 0 Å². The molecule has 0 aliphatic heterocycles. The van der Waals surface area contributed by atoms with Gasteiger partial charge in [0.15, 0.2) is 11.6 Å². The largest absolute Gasteiger partial charge is 0.388 e. The highest BCUT2D eigenvalue weighted by molar-refractivity contribution is 5.81. The summed E-state index contributed by atoms with van der Waals surface area (Å²) in [4.78, 5) is 25.3. The highest BCUT2D eigenvalue weighted by Gasteiger charge is 2.11. The number of carbonyl (C=O) groups is 1. The fourth-order valence-electron chi connectivity index (χ4n) is 4.09. The third-order valence-corrected chi connectivity index (χ3v) is 6.30. The van der Waals surface area contributed by atoms with E-state index >= 15 is 0 Å². The van der Waals surface area contributed by atoms with Crippen molar-refractivity contribution in [1.29, 1.82) is 0 Å². The van der Waals surface area contributed by atoms with Gasteiger partial charge in [-0.25, -0.2) is 15.4 Å². The molecular weight excluding hydrogens is 536 g/mol. The summed E-state index contributed by atoms with van der Waals surface area (Å²) < 4.78 is 0. The summed E-state index contributed by atoms with van der Waals surface area (Å²) in [5.74, 6) is 1.79. The van der Waals surface area contributed by atoms with Crippen LogP contribution in [0.4, 0.5) is 23.0 Å². The van der Waals surface area contributed by atoms with E-state index in [1.54, 1.807) is 6.08 Å². The van der Waals surface area contributed by atoms with Crippen LogP contribution >= 0.6 is 0 Å². The number of aromatic nitrogens is 2. The average Bonchev–Trinajstić information content (AvgIpc) is 3.02. The molecule has 0 saturated heterocycles. The van der Waals surface area contributed by atoms with E-state index in [2.05, 4.69) is 66.1 Å². The second kappa shape index (κ2) is 17.8. The zero-order valence-corrected chi connectivity index (χ0v) is 25.4. The second-order valence-corrected chi connectivity index (χ2v) is 9.84. The summed E-state index contributed by atoms with van der Waals surface area (Å²) in [6.07, 6.45) is 12.3. The molecule has 0 spiro atoms. The molecule has 0 saturated carbocycles. The minimum Gasteiger partial charge on any atom is -0.388 e. The van der Waals surface area contributed by atoms with E-state index in [1.807, 2.05) is 80.7 Å². The normalized spacial score (nSPS) is 11.5. The molecule has 4 N–H and O–H groups in total. The van der Waals surface area contributed by atoms with E-state index in [0.717, 1.165) is 41.5 Å². The molecule has 4 rings (SSSR count). The van der Waals surface area contributed by atoms with E-state index < -0.39 is 0 Å². The smallest absolute Gasteiger partial charge is 0.204 e. The molecule has 224 valence electrons. The summed E-state index contributed by atoms with van der Waals surface area (Å²) in [5.41, 5.74) is 8.96. The monoisotopic (exact) mass is 578 g/mol. The number of fused-ring (bicyclic) bond motifs is 1. The lowest BCUT2D eigenvalue weighted by atomic mass is 10.1. The molecule has 0 bridgehead atoms. The Labute approximate surface area is 255 Å². The number of carbonyl (C=O) groups excluding carboxylic acids is 1. The van der Waals surface area contributed by atoms with Gasteiger partial charge >= 0.3 is 0 Å². The highest BCUT2D eigenvalue weighted by atomic mass is 16.6. The van der Waals surface area contributed by atoms with Gasteiger partial charge in [0, 0.05) is 30.5 Å². The number of aryl methyl sites for hydroxylation is 2. The fourth-order valence-corrected chi connectivity index (χ4v) is 4.09. The van der Waals surface area contributed by atoms with E-state index in [1.165, 1.54) is 11.1 Å². The van der Waals surface area contributed by atoms with E-state index in [9.17, 15) is 4.79 Å². The van der Waals surface area contributed by atoms with Gasteiger partial charge in [-0.2, -0.15) is 0 Å². The molecule has 0 amide bonds. The Hall–Kier alpha value is -4.95. The first-order valence-electron chi connectivity index (χ1n) is 14.4. The molecule has 3 aromatic carbocycles. The Morgan fingerprint density at radius 3 is 2.40 bits per heavy atom. The summed E-state index contributed by atoms with van der Waals surface area (Å²) in [6, 6.07) is 22.2. The lowest BCUT2D eigenvalue weighted by Crippen LogP contribution is -2.26. The van der Waals surface area contributed by atoms with E-state index in [4.69, 9.17) is 14.8 Å². The van der Waals surface area contributed by atoms with Crippen molar-refractivity contribution in [3.8, 4) is 5.75 Å². The molecule has 1 heterocycles. The zero-order chi connectivity index (χ0) is 30.9. The molecule has 0 radical (unpaired) electrons. The molecule has 0 aliphatic rings. The molecule has 0 fully saturated rings. The highest BCUT2D eigenvalue weighted by Crippen LogP contribution is 2.27. The zero-order valence-electron chi connectivity index (χ0n) is 25.4. The Morgan fingerprint density at radius 2 is 1.70 bits per heavy atom. The Balaban J connectivity index is 0.000000331. The topological polar surface area (TPSA) is 100 Å². The van der Waals surface area contributed by atoms with Crippen molar-refractivity contribution in [2.24, 2.45) is 0 Å². The summed E-state index contributed by atoms with van der Waals surface area (Å²) in [5, 5.41) is 9.57. The second-order valence-electron chi connectivity index (χ2n) is 9.84. The van der Waals surface area contributed by atoms with Crippen LogP contribution in [0.1, 0.15) is 31.4 Å². The van der Waals surface area contributed by atoms with Crippen LogP contribution in [-0.2, 0) is 11.2 Å². The lowest BCUT2D eigenvalue weighted by Gasteiger charge is -2.15. The van der Waals surface area contributed by atoms with E-state index in [0.29, 0.717) is 30.0 Å². The molecule has 0 aliphatic carbocycles. The molecule has 43 heavy (non-hydrogen) atoms. The van der Waals surface area contributed by atoms with Crippen molar-refractivity contribution in [3.63, 3.8) is 0 Å². The van der Waals surface area contributed by atoms with Crippen LogP contribution < -0.4 is 26.3 Å². The number of aldehydes is 1. The predicted octanol–water partition coefficient (Wildman–Crippen LogP) is 7.54. The molecular formula is C35H42N6O2. The quantitative estimate of drug-likeness (QED) is 0.0692. The van der Waals surface area contributed by atoms with Crippen LogP contribution in [0.3, 0.4) is 0 Å². The lowest BCUT2D eigenvalue weighted by molar-refractivity contribution is -0.107. The standard InChI is InChI=1S/C24H25N5O.C11H17NO/c1-4-17-12-16(2)13-19(14-17)26-23-24(28-22-11-6-5-10-21(22)27-23)29-30-20-9-7-8-18(15-20)25-3;1-3-4-5-6-7-8-11(2)12-9-10-13/h5-15,25H,4H2,1-3H3,(H,26,27)(H,28,29);3-7,10-12H,1,8-9H2,2H3/b;5-4-,7-6-. The van der Waals surface area contributed by atoms with Crippen molar-refractivity contribution in [2.45, 2.75) is 39.7 Å². The number of benzene rings is 3. The summed E-state index contributed by atoms with van der Waals surface area (Å²) >= 11 is 0. The third-order valence-electron chi connectivity index (χ3n) is 6.30. The minimum atomic E-state index is 0.346. The van der Waals surface area contributed by atoms with Crippen molar-refractivity contribution in [3.05, 3.63) is 115 Å². The summed E-state index contributed by atoms with van der Waals surface area (Å²) in [6.45, 7) is 10.3. The van der Waals surface area contributed by atoms with Gasteiger partial charge in [0.05, 0.1) is 17.6 Å². The molecule has 8 heteroatoms.